The number of benzene rings is 4. The maximum absolute atomic E-state index is 13.4. The van der Waals surface area contributed by atoms with Gasteiger partial charge in [-0.2, -0.15) is 13.2 Å². The van der Waals surface area contributed by atoms with Crippen LogP contribution in [0.3, 0.4) is 0 Å². The van der Waals surface area contributed by atoms with Gasteiger partial charge >= 0.3 is 12.1 Å². The summed E-state index contributed by atoms with van der Waals surface area (Å²) in [5.41, 5.74) is 2.41. The van der Waals surface area contributed by atoms with Crippen LogP contribution in [0.1, 0.15) is 46.5 Å². The number of rotatable bonds is 5. The van der Waals surface area contributed by atoms with Crippen molar-refractivity contribution in [3.8, 4) is 11.5 Å². The zero-order valence-electron chi connectivity index (χ0n) is 22.3. The maximum atomic E-state index is 13.4. The summed E-state index contributed by atoms with van der Waals surface area (Å²) >= 11 is 0. The SMILES string of the molecule is CCN(CC)c1ccc2c(c1)Oc1ccc(N(C)c3cccc(C(F)(F)F)c3)cc1[C@]21OC(=O)c2ccccc21. The lowest BCUT2D eigenvalue weighted by atomic mass is 9.77. The molecule has 4 aromatic rings. The monoisotopic (exact) mass is 544 g/mol. The molecule has 0 bridgehead atoms. The average molecular weight is 545 g/mol. The van der Waals surface area contributed by atoms with E-state index in [0.29, 0.717) is 45.1 Å². The van der Waals surface area contributed by atoms with Crippen LogP contribution in [0.5, 0.6) is 11.5 Å². The van der Waals surface area contributed by atoms with Crippen LogP contribution in [0.4, 0.5) is 30.2 Å². The van der Waals surface area contributed by atoms with Gasteiger partial charge in [0.05, 0.1) is 11.1 Å². The predicted octanol–water partition coefficient (Wildman–Crippen LogP) is 7.89. The topological polar surface area (TPSA) is 42.0 Å². The summed E-state index contributed by atoms with van der Waals surface area (Å²) in [4.78, 5) is 17.1. The highest BCUT2D eigenvalue weighted by molar-refractivity contribution is 5.97. The molecule has 0 saturated heterocycles. The van der Waals surface area contributed by atoms with Crippen molar-refractivity contribution in [2.24, 2.45) is 0 Å². The van der Waals surface area contributed by atoms with E-state index in [4.69, 9.17) is 9.47 Å². The smallest absolute Gasteiger partial charge is 0.416 e. The van der Waals surface area contributed by atoms with Gasteiger partial charge in [0.25, 0.3) is 0 Å². The molecular formula is C32H27F3N2O3. The van der Waals surface area contributed by atoms with E-state index in [9.17, 15) is 18.0 Å². The van der Waals surface area contributed by atoms with Crippen LogP contribution < -0.4 is 14.5 Å². The Kier molecular flexibility index (Phi) is 6.02. The van der Waals surface area contributed by atoms with Gasteiger partial charge in [-0.1, -0.05) is 24.3 Å². The summed E-state index contributed by atoms with van der Waals surface area (Å²) in [6.45, 7) is 5.80. The summed E-state index contributed by atoms with van der Waals surface area (Å²) in [5.74, 6) is 0.647. The van der Waals surface area contributed by atoms with E-state index >= 15 is 0 Å². The second kappa shape index (κ2) is 9.33. The van der Waals surface area contributed by atoms with E-state index < -0.39 is 23.3 Å². The molecule has 4 aromatic carbocycles. The number of ether oxygens (including phenoxy) is 2. The van der Waals surface area contributed by atoms with Crippen molar-refractivity contribution in [3.05, 3.63) is 113 Å². The second-order valence-corrected chi connectivity index (χ2v) is 9.86. The lowest BCUT2D eigenvalue weighted by Gasteiger charge is -2.38. The Balaban J connectivity index is 1.53. The first-order valence-electron chi connectivity index (χ1n) is 13.1. The summed E-state index contributed by atoms with van der Waals surface area (Å²) in [7, 11) is 1.70. The van der Waals surface area contributed by atoms with Crippen molar-refractivity contribution in [2.45, 2.75) is 25.6 Å². The Bertz CT molecular complexity index is 1630. The number of anilines is 3. The molecule has 8 heteroatoms. The Labute approximate surface area is 230 Å². The van der Waals surface area contributed by atoms with Gasteiger partial charge in [-0.15, -0.1) is 0 Å². The second-order valence-electron chi connectivity index (χ2n) is 9.86. The highest BCUT2D eigenvalue weighted by atomic mass is 19.4. The lowest BCUT2D eigenvalue weighted by molar-refractivity contribution is -0.137. The minimum absolute atomic E-state index is 0.369. The highest BCUT2D eigenvalue weighted by Gasteiger charge is 2.53. The third-order valence-electron chi connectivity index (χ3n) is 7.76. The number of esters is 1. The van der Waals surface area contributed by atoms with Crippen molar-refractivity contribution in [1.82, 2.24) is 0 Å². The predicted molar refractivity (Wildman–Crippen MR) is 148 cm³/mol. The van der Waals surface area contributed by atoms with Crippen LogP contribution >= 0.6 is 0 Å². The lowest BCUT2D eigenvalue weighted by Crippen LogP contribution is -2.33. The minimum atomic E-state index is -4.46. The van der Waals surface area contributed by atoms with E-state index in [-0.39, 0.29) is 0 Å². The Morgan fingerprint density at radius 3 is 2.23 bits per heavy atom. The molecule has 0 amide bonds. The molecule has 0 radical (unpaired) electrons. The molecule has 2 heterocycles. The molecule has 2 aliphatic heterocycles. The van der Waals surface area contributed by atoms with Crippen LogP contribution in [0.15, 0.2) is 84.9 Å². The van der Waals surface area contributed by atoms with Gasteiger partial charge in [0.15, 0.2) is 5.60 Å². The zero-order valence-corrected chi connectivity index (χ0v) is 22.3. The fourth-order valence-electron chi connectivity index (χ4n) is 5.68. The van der Waals surface area contributed by atoms with Gasteiger partial charge < -0.3 is 19.3 Å². The number of fused-ring (bicyclic) bond motifs is 6. The quantitative estimate of drug-likeness (QED) is 0.239. The van der Waals surface area contributed by atoms with Crippen LogP contribution in [-0.2, 0) is 16.5 Å². The van der Waals surface area contributed by atoms with Gasteiger partial charge in [-0.05, 0) is 68.4 Å². The van der Waals surface area contributed by atoms with Gasteiger partial charge in [-0.25, -0.2) is 4.79 Å². The molecule has 0 aromatic heterocycles. The molecule has 0 saturated carbocycles. The number of nitrogens with zero attached hydrogens (tertiary/aromatic N) is 2. The Hall–Kier alpha value is -4.46. The third kappa shape index (κ3) is 3.89. The van der Waals surface area contributed by atoms with Crippen molar-refractivity contribution in [1.29, 1.82) is 0 Å². The van der Waals surface area contributed by atoms with Crippen LogP contribution in [0.2, 0.25) is 0 Å². The van der Waals surface area contributed by atoms with Crippen molar-refractivity contribution >= 4 is 23.0 Å². The minimum Gasteiger partial charge on any atom is -0.456 e. The number of carbonyl (C=O) groups is 1. The molecule has 0 fully saturated rings. The first kappa shape index (κ1) is 25.8. The summed E-state index contributed by atoms with van der Waals surface area (Å²) in [5, 5.41) is 0. The molecule has 1 spiro atoms. The first-order chi connectivity index (χ1) is 19.2. The molecular weight excluding hydrogens is 517 g/mol. The molecule has 0 unspecified atom stereocenters. The van der Waals surface area contributed by atoms with Gasteiger partial charge in [-0.3, -0.25) is 0 Å². The van der Waals surface area contributed by atoms with E-state index in [1.807, 2.05) is 36.4 Å². The molecule has 1 atom stereocenters. The largest absolute Gasteiger partial charge is 0.456 e. The van der Waals surface area contributed by atoms with E-state index in [2.05, 4.69) is 18.7 Å². The Morgan fingerprint density at radius 1 is 0.750 bits per heavy atom. The summed E-state index contributed by atoms with van der Waals surface area (Å²) in [6, 6.07) is 23.7. The van der Waals surface area contributed by atoms with Crippen molar-refractivity contribution < 1.29 is 27.4 Å². The van der Waals surface area contributed by atoms with E-state index in [0.717, 1.165) is 30.9 Å². The number of hydrogen-bond donors (Lipinski definition) is 0. The molecule has 0 aliphatic carbocycles. The fourth-order valence-corrected chi connectivity index (χ4v) is 5.68. The van der Waals surface area contributed by atoms with E-state index in [1.54, 1.807) is 42.3 Å². The fraction of sp³-hybridized carbons (Fsp3) is 0.219. The van der Waals surface area contributed by atoms with Crippen LogP contribution in [-0.4, -0.2) is 26.1 Å². The molecule has 6 rings (SSSR count). The maximum Gasteiger partial charge on any atom is 0.416 e. The molecule has 40 heavy (non-hydrogen) atoms. The molecule has 0 N–H and O–H groups in total. The molecule has 2 aliphatic rings. The van der Waals surface area contributed by atoms with Crippen molar-refractivity contribution in [2.75, 3.05) is 29.9 Å². The van der Waals surface area contributed by atoms with Crippen molar-refractivity contribution in [3.63, 3.8) is 0 Å². The number of hydrogen-bond acceptors (Lipinski definition) is 5. The first-order valence-corrected chi connectivity index (χ1v) is 13.1. The molecule has 204 valence electrons. The third-order valence-corrected chi connectivity index (χ3v) is 7.76. The number of alkyl halides is 3. The van der Waals surface area contributed by atoms with Crippen LogP contribution in [0.25, 0.3) is 0 Å². The van der Waals surface area contributed by atoms with Gasteiger partial charge in [0.2, 0.25) is 0 Å². The highest BCUT2D eigenvalue weighted by Crippen LogP contribution is 2.57. The van der Waals surface area contributed by atoms with Gasteiger partial charge in [0.1, 0.15) is 11.5 Å². The standard InChI is InChI=1S/C32H27F3N2O3/c1-4-37(5-2)23-13-15-26-29(19-23)39-28-16-14-22(36(3)21-10-8-9-20(17-21)32(33,34)35)18-27(28)31(26)25-12-7-6-11-24(25)30(38)40-31/h6-19H,4-5H2,1-3H3/t31-/m1/s1. The average Bonchev–Trinajstić information content (AvgIpc) is 3.25. The summed E-state index contributed by atoms with van der Waals surface area (Å²) < 4.78 is 52.9. The van der Waals surface area contributed by atoms with Gasteiger partial charge in [0, 0.05) is 60.0 Å². The normalized spacial score (nSPS) is 17.0. The van der Waals surface area contributed by atoms with E-state index in [1.165, 1.54) is 6.07 Å². The Morgan fingerprint density at radius 2 is 1.48 bits per heavy atom. The zero-order chi connectivity index (χ0) is 28.2. The van der Waals surface area contributed by atoms with Crippen LogP contribution in [0, 0.1) is 0 Å². The number of halogens is 3. The molecule has 5 nitrogen and oxygen atoms in total. The summed E-state index contributed by atoms with van der Waals surface area (Å²) in [6.07, 6.45) is -4.46. The number of carbonyl (C=O) groups excluding carboxylic acids is 1.